The molecule has 0 amide bonds. The summed E-state index contributed by atoms with van der Waals surface area (Å²) in [4.78, 5) is 11.0. The number of aliphatic carboxylic acids is 1. The first-order valence-electron chi connectivity index (χ1n) is 7.06. The fraction of sp³-hybridized carbons (Fsp3) is 0.467. The molecule has 1 atom stereocenters. The van der Waals surface area contributed by atoms with Crippen LogP contribution in [-0.4, -0.2) is 31.3 Å². The van der Waals surface area contributed by atoms with Crippen LogP contribution in [0.4, 0.5) is 0 Å². The van der Waals surface area contributed by atoms with E-state index in [1.165, 1.54) is 11.1 Å². The van der Waals surface area contributed by atoms with Crippen LogP contribution in [0.25, 0.3) is 0 Å². The SMILES string of the molecule is CCC(CC(=O)O)n1nnnc1Cc1cc(C)ccc1C. The zero-order valence-electron chi connectivity index (χ0n) is 12.6. The fourth-order valence-electron chi connectivity index (χ4n) is 2.38. The molecule has 0 saturated carbocycles. The second kappa shape index (κ2) is 6.47. The minimum absolute atomic E-state index is 0.0291. The highest BCUT2D eigenvalue weighted by molar-refractivity contribution is 5.67. The standard InChI is InChI=1S/C15H20N4O2/c1-4-13(9-15(20)21)19-14(16-17-18-19)8-12-7-10(2)5-6-11(12)3/h5-7,13H,4,8-9H2,1-3H3,(H,20,21). The van der Waals surface area contributed by atoms with Gasteiger partial charge in [-0.1, -0.05) is 30.7 Å². The number of nitrogens with zero attached hydrogens (tertiary/aromatic N) is 4. The average Bonchev–Trinajstić information content (AvgIpc) is 2.88. The third-order valence-electron chi connectivity index (χ3n) is 3.64. The molecule has 0 bridgehead atoms. The third-order valence-corrected chi connectivity index (χ3v) is 3.64. The van der Waals surface area contributed by atoms with Crippen LogP contribution < -0.4 is 0 Å². The highest BCUT2D eigenvalue weighted by Gasteiger charge is 2.19. The maximum atomic E-state index is 11.0. The molecule has 0 radical (unpaired) electrons. The van der Waals surface area contributed by atoms with E-state index in [0.717, 1.165) is 5.56 Å². The Hall–Kier alpha value is -2.24. The molecule has 1 aromatic carbocycles. The van der Waals surface area contributed by atoms with Gasteiger partial charge in [-0.05, 0) is 41.8 Å². The van der Waals surface area contributed by atoms with Gasteiger partial charge in [-0.2, -0.15) is 0 Å². The minimum atomic E-state index is -0.838. The number of carboxylic acids is 1. The molecule has 1 N–H and O–H groups in total. The summed E-state index contributed by atoms with van der Waals surface area (Å²) in [5.41, 5.74) is 3.53. The molecular formula is C15H20N4O2. The lowest BCUT2D eigenvalue weighted by molar-refractivity contribution is -0.138. The molecule has 0 fully saturated rings. The monoisotopic (exact) mass is 288 g/mol. The number of tetrazole rings is 1. The summed E-state index contributed by atoms with van der Waals surface area (Å²) < 4.78 is 1.65. The summed E-state index contributed by atoms with van der Waals surface area (Å²) in [6, 6.07) is 6.05. The van der Waals surface area contributed by atoms with Crippen molar-refractivity contribution in [1.29, 1.82) is 0 Å². The molecule has 2 rings (SSSR count). The van der Waals surface area contributed by atoms with E-state index in [1.807, 2.05) is 13.8 Å². The second-order valence-corrected chi connectivity index (χ2v) is 5.31. The van der Waals surface area contributed by atoms with Crippen LogP contribution in [0.3, 0.4) is 0 Å². The van der Waals surface area contributed by atoms with Crippen LogP contribution in [0.15, 0.2) is 18.2 Å². The largest absolute Gasteiger partial charge is 0.481 e. The molecule has 0 spiro atoms. The van der Waals surface area contributed by atoms with Gasteiger partial charge in [0.25, 0.3) is 0 Å². The van der Waals surface area contributed by atoms with E-state index in [0.29, 0.717) is 18.7 Å². The van der Waals surface area contributed by atoms with E-state index < -0.39 is 5.97 Å². The normalized spacial score (nSPS) is 12.3. The van der Waals surface area contributed by atoms with Crippen LogP contribution in [0.5, 0.6) is 0 Å². The molecule has 21 heavy (non-hydrogen) atoms. The predicted octanol–water partition coefficient (Wildman–Crippen LogP) is 2.31. The number of benzene rings is 1. The van der Waals surface area contributed by atoms with Crippen LogP contribution in [0, 0.1) is 13.8 Å². The Labute approximate surface area is 123 Å². The van der Waals surface area contributed by atoms with Crippen LogP contribution in [0.1, 0.15) is 48.3 Å². The zero-order chi connectivity index (χ0) is 15.4. The molecular weight excluding hydrogens is 268 g/mol. The Morgan fingerprint density at radius 1 is 1.38 bits per heavy atom. The average molecular weight is 288 g/mol. The topological polar surface area (TPSA) is 80.9 Å². The summed E-state index contributed by atoms with van der Waals surface area (Å²) in [6.07, 6.45) is 1.31. The lowest BCUT2D eigenvalue weighted by Gasteiger charge is -2.15. The lowest BCUT2D eigenvalue weighted by atomic mass is 10.0. The predicted molar refractivity (Wildman–Crippen MR) is 78.1 cm³/mol. The van der Waals surface area contributed by atoms with Gasteiger partial charge in [0, 0.05) is 6.42 Å². The Morgan fingerprint density at radius 3 is 2.81 bits per heavy atom. The van der Waals surface area contributed by atoms with Crippen molar-refractivity contribution in [3.63, 3.8) is 0 Å². The van der Waals surface area contributed by atoms with Crippen LogP contribution >= 0.6 is 0 Å². The number of carboxylic acid groups (broad SMARTS) is 1. The quantitative estimate of drug-likeness (QED) is 0.882. The molecule has 0 saturated heterocycles. The Morgan fingerprint density at radius 2 is 2.14 bits per heavy atom. The van der Waals surface area contributed by atoms with Crippen molar-refractivity contribution >= 4 is 5.97 Å². The van der Waals surface area contributed by atoms with E-state index in [1.54, 1.807) is 4.68 Å². The van der Waals surface area contributed by atoms with Crippen molar-refractivity contribution in [2.75, 3.05) is 0 Å². The molecule has 2 aromatic rings. The van der Waals surface area contributed by atoms with Gasteiger partial charge in [0.1, 0.15) is 0 Å². The smallest absolute Gasteiger partial charge is 0.305 e. The molecule has 112 valence electrons. The molecule has 0 aliphatic heterocycles. The van der Waals surface area contributed by atoms with Crippen LogP contribution in [0.2, 0.25) is 0 Å². The summed E-state index contributed by atoms with van der Waals surface area (Å²) in [5.74, 6) is -0.133. The van der Waals surface area contributed by atoms with Crippen molar-refractivity contribution in [3.8, 4) is 0 Å². The summed E-state index contributed by atoms with van der Waals surface area (Å²) in [5, 5.41) is 20.8. The van der Waals surface area contributed by atoms with Crippen molar-refractivity contribution in [2.24, 2.45) is 0 Å². The van der Waals surface area contributed by atoms with E-state index in [4.69, 9.17) is 5.11 Å². The Balaban J connectivity index is 2.27. The van der Waals surface area contributed by atoms with Gasteiger partial charge >= 0.3 is 5.97 Å². The van der Waals surface area contributed by atoms with Gasteiger partial charge in [-0.3, -0.25) is 4.79 Å². The van der Waals surface area contributed by atoms with E-state index in [9.17, 15) is 4.79 Å². The van der Waals surface area contributed by atoms with E-state index >= 15 is 0 Å². The Bertz CT molecular complexity index is 636. The molecule has 0 aliphatic rings. The molecule has 1 aromatic heterocycles. The number of aromatic nitrogens is 4. The maximum absolute atomic E-state index is 11.0. The zero-order valence-corrected chi connectivity index (χ0v) is 12.6. The summed E-state index contributed by atoms with van der Waals surface area (Å²) in [7, 11) is 0. The van der Waals surface area contributed by atoms with Gasteiger partial charge in [0.15, 0.2) is 5.82 Å². The van der Waals surface area contributed by atoms with Gasteiger partial charge in [0.2, 0.25) is 0 Å². The number of carbonyl (C=O) groups is 1. The van der Waals surface area contributed by atoms with Gasteiger partial charge in [-0.15, -0.1) is 5.10 Å². The minimum Gasteiger partial charge on any atom is -0.481 e. The lowest BCUT2D eigenvalue weighted by Crippen LogP contribution is -2.17. The number of rotatable bonds is 6. The van der Waals surface area contributed by atoms with Gasteiger partial charge in [-0.25, -0.2) is 4.68 Å². The maximum Gasteiger partial charge on any atom is 0.305 e. The van der Waals surface area contributed by atoms with Gasteiger partial charge in [0.05, 0.1) is 12.5 Å². The number of aryl methyl sites for hydroxylation is 2. The Kier molecular flexibility index (Phi) is 4.67. The van der Waals surface area contributed by atoms with Crippen molar-refractivity contribution in [2.45, 2.75) is 46.1 Å². The van der Waals surface area contributed by atoms with Gasteiger partial charge < -0.3 is 5.11 Å². The van der Waals surface area contributed by atoms with E-state index in [2.05, 4.69) is 40.6 Å². The number of hydrogen-bond donors (Lipinski definition) is 1. The second-order valence-electron chi connectivity index (χ2n) is 5.31. The third kappa shape index (κ3) is 3.65. The molecule has 0 aliphatic carbocycles. The molecule has 1 heterocycles. The fourth-order valence-corrected chi connectivity index (χ4v) is 2.38. The first-order valence-corrected chi connectivity index (χ1v) is 7.06. The number of hydrogen-bond acceptors (Lipinski definition) is 4. The van der Waals surface area contributed by atoms with Crippen molar-refractivity contribution in [1.82, 2.24) is 20.2 Å². The first-order chi connectivity index (χ1) is 10.0. The first kappa shape index (κ1) is 15.2. The summed E-state index contributed by atoms with van der Waals surface area (Å²) >= 11 is 0. The van der Waals surface area contributed by atoms with Crippen LogP contribution in [-0.2, 0) is 11.2 Å². The van der Waals surface area contributed by atoms with E-state index in [-0.39, 0.29) is 12.5 Å². The highest BCUT2D eigenvalue weighted by Crippen LogP contribution is 2.19. The van der Waals surface area contributed by atoms with Crippen molar-refractivity contribution < 1.29 is 9.90 Å². The molecule has 6 heteroatoms. The van der Waals surface area contributed by atoms with Crippen molar-refractivity contribution in [3.05, 3.63) is 40.7 Å². The molecule has 1 unspecified atom stereocenters. The highest BCUT2D eigenvalue weighted by atomic mass is 16.4. The summed E-state index contributed by atoms with van der Waals surface area (Å²) in [6.45, 7) is 6.04. The molecule has 6 nitrogen and oxygen atoms in total.